The summed E-state index contributed by atoms with van der Waals surface area (Å²) in [6.07, 6.45) is 0.860. The first kappa shape index (κ1) is 21.8. The number of amides is 3. The molecule has 0 saturated heterocycles. The van der Waals surface area contributed by atoms with E-state index in [1.54, 1.807) is 48.5 Å². The molecule has 3 amide bonds. The van der Waals surface area contributed by atoms with Gasteiger partial charge in [0.1, 0.15) is 0 Å². The molecule has 2 aromatic rings. The minimum absolute atomic E-state index is 0.160. The maximum Gasteiger partial charge on any atom is 0.258 e. The van der Waals surface area contributed by atoms with Crippen LogP contribution in [0.5, 0.6) is 0 Å². The van der Waals surface area contributed by atoms with Gasteiger partial charge >= 0.3 is 0 Å². The third kappa shape index (κ3) is 4.30. The summed E-state index contributed by atoms with van der Waals surface area (Å²) >= 11 is 5.95. The first-order chi connectivity index (χ1) is 15.3. The zero-order chi connectivity index (χ0) is 22.8. The molecule has 164 valence electrons. The summed E-state index contributed by atoms with van der Waals surface area (Å²) in [6, 6.07) is 13.8. The highest BCUT2D eigenvalue weighted by molar-refractivity contribution is 6.31. The van der Waals surface area contributed by atoms with Crippen molar-refractivity contribution in [3.05, 3.63) is 81.4 Å². The number of halogens is 1. The minimum Gasteiger partial charge on any atom is -0.352 e. The molecule has 2 aromatic carbocycles. The molecule has 0 aromatic heterocycles. The Bertz CT molecular complexity index is 1150. The smallest absolute Gasteiger partial charge is 0.258 e. The van der Waals surface area contributed by atoms with Crippen LogP contribution in [-0.4, -0.2) is 49.8 Å². The fourth-order valence-corrected chi connectivity index (χ4v) is 3.84. The zero-order valence-corrected chi connectivity index (χ0v) is 18.5. The van der Waals surface area contributed by atoms with Crippen LogP contribution in [0, 0.1) is 0 Å². The Morgan fingerprint density at radius 1 is 0.875 bits per heavy atom. The van der Waals surface area contributed by atoms with Gasteiger partial charge in [0.15, 0.2) is 0 Å². The molecule has 2 heterocycles. The fourth-order valence-electron chi connectivity index (χ4n) is 3.72. The minimum atomic E-state index is -0.346. The standard InChI is InChI=1S/C24H23ClN4O3/c1-29(2)13-3-12-26-22(30)16-6-4-14(5-7-16)20-18-19(24(32)27-20)21(28-23(18)31)15-8-10-17(25)11-9-15/h4-11H,3,12-13H2,1-2H3,(H,26,30)(H,27,32)(H,28,31). The highest BCUT2D eigenvalue weighted by Crippen LogP contribution is 2.37. The second kappa shape index (κ2) is 8.98. The van der Waals surface area contributed by atoms with Crippen LogP contribution >= 0.6 is 11.6 Å². The summed E-state index contributed by atoms with van der Waals surface area (Å²) in [5.41, 5.74) is 3.38. The summed E-state index contributed by atoms with van der Waals surface area (Å²) in [5, 5.41) is 9.07. The van der Waals surface area contributed by atoms with E-state index in [9.17, 15) is 14.4 Å². The Morgan fingerprint density at radius 3 is 1.88 bits per heavy atom. The van der Waals surface area contributed by atoms with Gasteiger partial charge in [0, 0.05) is 17.1 Å². The summed E-state index contributed by atoms with van der Waals surface area (Å²) in [5.74, 6) is -0.852. The van der Waals surface area contributed by atoms with Crippen molar-refractivity contribution in [2.24, 2.45) is 0 Å². The van der Waals surface area contributed by atoms with E-state index < -0.39 is 0 Å². The molecule has 0 radical (unpaired) electrons. The average Bonchev–Trinajstić information content (AvgIpc) is 3.30. The van der Waals surface area contributed by atoms with E-state index in [0.29, 0.717) is 50.8 Å². The van der Waals surface area contributed by atoms with Crippen LogP contribution in [0.1, 0.15) is 27.9 Å². The molecule has 0 spiro atoms. The lowest BCUT2D eigenvalue weighted by Crippen LogP contribution is -2.27. The van der Waals surface area contributed by atoms with Crippen LogP contribution in [0.3, 0.4) is 0 Å². The second-order valence-electron chi connectivity index (χ2n) is 7.91. The first-order valence-corrected chi connectivity index (χ1v) is 10.6. The van der Waals surface area contributed by atoms with Gasteiger partial charge in [-0.15, -0.1) is 0 Å². The van der Waals surface area contributed by atoms with Gasteiger partial charge in [0.25, 0.3) is 17.7 Å². The van der Waals surface area contributed by atoms with Crippen molar-refractivity contribution < 1.29 is 14.4 Å². The zero-order valence-electron chi connectivity index (χ0n) is 17.8. The summed E-state index contributed by atoms with van der Waals surface area (Å²) in [7, 11) is 3.98. The van der Waals surface area contributed by atoms with E-state index in [1.807, 2.05) is 14.1 Å². The lowest BCUT2D eigenvalue weighted by molar-refractivity contribution is -0.117. The molecular formula is C24H23ClN4O3. The maximum absolute atomic E-state index is 12.7. The molecule has 3 N–H and O–H groups in total. The Morgan fingerprint density at radius 2 is 1.38 bits per heavy atom. The number of hydrogen-bond donors (Lipinski definition) is 3. The molecule has 0 atom stereocenters. The molecule has 7 nitrogen and oxygen atoms in total. The van der Waals surface area contributed by atoms with Crippen molar-refractivity contribution in [2.75, 3.05) is 27.2 Å². The number of nitrogens with one attached hydrogen (secondary N) is 3. The third-order valence-electron chi connectivity index (χ3n) is 5.32. The molecule has 2 aliphatic heterocycles. The predicted molar refractivity (Wildman–Crippen MR) is 124 cm³/mol. The number of nitrogens with zero attached hydrogens (tertiary/aromatic N) is 1. The van der Waals surface area contributed by atoms with E-state index in [0.717, 1.165) is 13.0 Å². The van der Waals surface area contributed by atoms with Crippen LogP contribution in [0.4, 0.5) is 0 Å². The number of hydrogen-bond acceptors (Lipinski definition) is 4. The van der Waals surface area contributed by atoms with Gasteiger partial charge in [-0.05, 0) is 62.5 Å². The van der Waals surface area contributed by atoms with E-state index in [-0.39, 0.29) is 17.7 Å². The molecule has 0 aliphatic carbocycles. The van der Waals surface area contributed by atoms with E-state index in [4.69, 9.17) is 11.6 Å². The van der Waals surface area contributed by atoms with Crippen LogP contribution in [0.15, 0.2) is 59.7 Å². The maximum atomic E-state index is 12.7. The number of carbonyl (C=O) groups is 3. The van der Waals surface area contributed by atoms with Crippen molar-refractivity contribution >= 4 is 40.7 Å². The van der Waals surface area contributed by atoms with Crippen molar-refractivity contribution in [1.82, 2.24) is 20.9 Å². The van der Waals surface area contributed by atoms with E-state index >= 15 is 0 Å². The molecule has 32 heavy (non-hydrogen) atoms. The van der Waals surface area contributed by atoms with Crippen molar-refractivity contribution in [2.45, 2.75) is 6.42 Å². The highest BCUT2D eigenvalue weighted by Gasteiger charge is 2.40. The Kier molecular flexibility index (Phi) is 6.12. The van der Waals surface area contributed by atoms with Crippen LogP contribution in [0.2, 0.25) is 5.02 Å². The number of carbonyl (C=O) groups excluding carboxylic acids is 3. The van der Waals surface area contributed by atoms with Gasteiger partial charge in [-0.25, -0.2) is 0 Å². The van der Waals surface area contributed by atoms with Gasteiger partial charge in [0.05, 0.1) is 22.5 Å². The van der Waals surface area contributed by atoms with Gasteiger partial charge in [-0.1, -0.05) is 35.9 Å². The Labute approximate surface area is 191 Å². The molecule has 0 bridgehead atoms. The molecule has 0 saturated carbocycles. The normalized spacial score (nSPS) is 15.2. The molecule has 0 fully saturated rings. The monoisotopic (exact) mass is 450 g/mol. The van der Waals surface area contributed by atoms with E-state index in [1.165, 1.54) is 0 Å². The Balaban J connectivity index is 1.57. The van der Waals surface area contributed by atoms with Gasteiger partial charge in [0.2, 0.25) is 0 Å². The number of rotatable bonds is 7. The fraction of sp³-hybridized carbons (Fsp3) is 0.208. The summed E-state index contributed by atoms with van der Waals surface area (Å²) < 4.78 is 0. The van der Waals surface area contributed by atoms with E-state index in [2.05, 4.69) is 20.9 Å². The van der Waals surface area contributed by atoms with Gasteiger partial charge in [-0.2, -0.15) is 0 Å². The molecule has 8 heteroatoms. The molecule has 4 rings (SSSR count). The highest BCUT2D eigenvalue weighted by atomic mass is 35.5. The lowest BCUT2D eigenvalue weighted by Gasteiger charge is -2.10. The number of benzene rings is 2. The largest absolute Gasteiger partial charge is 0.352 e. The average molecular weight is 451 g/mol. The SMILES string of the molecule is CN(C)CCCNC(=O)c1ccc(C2=C3C(=O)NC(c4ccc(Cl)cc4)=C3C(=O)N2)cc1. The lowest BCUT2D eigenvalue weighted by atomic mass is 10.0. The van der Waals surface area contributed by atoms with Crippen LogP contribution in [0.25, 0.3) is 11.4 Å². The quantitative estimate of drug-likeness (QED) is 0.565. The van der Waals surface area contributed by atoms with Gasteiger partial charge < -0.3 is 20.9 Å². The predicted octanol–water partition coefficient (Wildman–Crippen LogP) is 2.40. The Hall–Kier alpha value is -3.42. The van der Waals surface area contributed by atoms with Gasteiger partial charge in [-0.3, -0.25) is 14.4 Å². The van der Waals surface area contributed by atoms with Crippen molar-refractivity contribution in [1.29, 1.82) is 0 Å². The topological polar surface area (TPSA) is 90.5 Å². The molecular weight excluding hydrogens is 428 g/mol. The number of fused-ring (bicyclic) bond motifs is 1. The third-order valence-corrected chi connectivity index (χ3v) is 5.57. The van der Waals surface area contributed by atoms with Crippen LogP contribution in [-0.2, 0) is 9.59 Å². The van der Waals surface area contributed by atoms with Crippen molar-refractivity contribution in [3.63, 3.8) is 0 Å². The van der Waals surface area contributed by atoms with Crippen LogP contribution < -0.4 is 16.0 Å². The van der Waals surface area contributed by atoms with Crippen molar-refractivity contribution in [3.8, 4) is 0 Å². The summed E-state index contributed by atoms with van der Waals surface area (Å²) in [6.45, 7) is 1.48. The second-order valence-corrected chi connectivity index (χ2v) is 8.34. The summed E-state index contributed by atoms with van der Waals surface area (Å²) in [4.78, 5) is 39.8. The first-order valence-electron chi connectivity index (χ1n) is 10.3. The molecule has 2 aliphatic rings. The molecule has 0 unspecified atom stereocenters.